The lowest BCUT2D eigenvalue weighted by Crippen LogP contribution is -2.26. The molecule has 0 aliphatic rings. The van der Waals surface area contributed by atoms with Crippen LogP contribution in [0.4, 0.5) is 5.95 Å². The molecule has 1 aromatic heterocycles. The summed E-state index contributed by atoms with van der Waals surface area (Å²) in [4.78, 5) is 4.01. The molecule has 1 heterocycles. The number of nitrogens with zero attached hydrogens (tertiary/aromatic N) is 2. The number of hydrogen-bond acceptors (Lipinski definition) is 4. The molecular formula is C7H13N3O. The number of aromatic nitrogens is 2. The van der Waals surface area contributed by atoms with Crippen LogP contribution in [0.5, 0.6) is 0 Å². The summed E-state index contributed by atoms with van der Waals surface area (Å²) >= 11 is 0. The minimum absolute atomic E-state index is 0.0175. The highest BCUT2D eigenvalue weighted by Gasteiger charge is 2.12. The van der Waals surface area contributed by atoms with Crippen molar-refractivity contribution in [3.63, 3.8) is 0 Å². The number of nitrogens with one attached hydrogen (secondary N) is 1. The summed E-state index contributed by atoms with van der Waals surface area (Å²) < 4.78 is 4.79. The van der Waals surface area contributed by atoms with Crippen LogP contribution < -0.4 is 5.32 Å². The summed E-state index contributed by atoms with van der Waals surface area (Å²) in [6.45, 7) is 7.89. The van der Waals surface area contributed by atoms with Crippen molar-refractivity contribution in [3.05, 3.63) is 5.89 Å². The van der Waals surface area contributed by atoms with Crippen LogP contribution in [0.3, 0.4) is 0 Å². The summed E-state index contributed by atoms with van der Waals surface area (Å²) in [5.41, 5.74) is -0.0175. The minimum Gasteiger partial charge on any atom is -0.347 e. The Morgan fingerprint density at radius 3 is 2.36 bits per heavy atom. The van der Waals surface area contributed by atoms with Gasteiger partial charge in [-0.25, -0.2) is 0 Å². The zero-order valence-corrected chi connectivity index (χ0v) is 7.30. The van der Waals surface area contributed by atoms with E-state index in [9.17, 15) is 0 Å². The fourth-order valence-corrected chi connectivity index (χ4v) is 0.685. The predicted molar refractivity (Wildman–Crippen MR) is 42.4 cm³/mol. The molecule has 0 radical (unpaired) electrons. The molecule has 0 fully saturated rings. The summed E-state index contributed by atoms with van der Waals surface area (Å²) in [5.74, 6) is 1.13. The van der Waals surface area contributed by atoms with Crippen LogP contribution in [0.2, 0.25) is 0 Å². The van der Waals surface area contributed by atoms with Crippen molar-refractivity contribution < 1.29 is 4.52 Å². The van der Waals surface area contributed by atoms with E-state index in [0.717, 1.165) is 0 Å². The van der Waals surface area contributed by atoms with Gasteiger partial charge in [-0.05, 0) is 25.9 Å². The largest absolute Gasteiger partial charge is 0.347 e. The predicted octanol–water partition coefficient (Wildman–Crippen LogP) is 1.59. The van der Waals surface area contributed by atoms with Gasteiger partial charge >= 0.3 is 0 Å². The number of hydrogen-bond donors (Lipinski definition) is 1. The van der Waals surface area contributed by atoms with Crippen LogP contribution in [0.25, 0.3) is 0 Å². The van der Waals surface area contributed by atoms with Crippen molar-refractivity contribution in [1.29, 1.82) is 0 Å². The normalized spacial score (nSPS) is 11.6. The van der Waals surface area contributed by atoms with Crippen LogP contribution in [-0.2, 0) is 0 Å². The van der Waals surface area contributed by atoms with Crippen LogP contribution in [0.1, 0.15) is 26.7 Å². The van der Waals surface area contributed by atoms with E-state index >= 15 is 0 Å². The maximum absolute atomic E-state index is 4.79. The Labute approximate surface area is 66.0 Å². The first-order chi connectivity index (χ1) is 4.97. The van der Waals surface area contributed by atoms with Crippen LogP contribution in [0, 0.1) is 6.92 Å². The highest BCUT2D eigenvalue weighted by molar-refractivity contribution is 5.25. The summed E-state index contributed by atoms with van der Waals surface area (Å²) in [5, 5.41) is 6.79. The highest BCUT2D eigenvalue weighted by Crippen LogP contribution is 2.09. The average Bonchev–Trinajstić information content (AvgIpc) is 2.10. The molecule has 0 amide bonds. The van der Waals surface area contributed by atoms with Gasteiger partial charge in [0.05, 0.1) is 0 Å². The molecule has 0 bridgehead atoms. The molecular weight excluding hydrogens is 142 g/mol. The molecule has 11 heavy (non-hydrogen) atoms. The lowest BCUT2D eigenvalue weighted by atomic mass is 10.1. The second-order valence-corrected chi connectivity index (χ2v) is 3.51. The molecule has 0 aromatic carbocycles. The lowest BCUT2D eigenvalue weighted by molar-refractivity contribution is 0.393. The van der Waals surface area contributed by atoms with Crippen LogP contribution >= 0.6 is 0 Å². The molecule has 1 N–H and O–H groups in total. The molecule has 0 atom stereocenters. The molecule has 0 aliphatic heterocycles. The first-order valence-corrected chi connectivity index (χ1v) is 3.56. The molecule has 4 nitrogen and oxygen atoms in total. The Bertz CT molecular complexity index is 236. The van der Waals surface area contributed by atoms with Crippen molar-refractivity contribution in [3.8, 4) is 0 Å². The summed E-state index contributed by atoms with van der Waals surface area (Å²) in [7, 11) is 0. The monoisotopic (exact) mass is 155 g/mol. The van der Waals surface area contributed by atoms with E-state index in [-0.39, 0.29) is 5.54 Å². The van der Waals surface area contributed by atoms with Gasteiger partial charge < -0.3 is 9.84 Å². The first-order valence-electron chi connectivity index (χ1n) is 3.56. The SMILES string of the molecule is Cc1nc(NC(C)(C)C)no1. The van der Waals surface area contributed by atoms with Gasteiger partial charge in [-0.3, -0.25) is 0 Å². The van der Waals surface area contributed by atoms with Crippen molar-refractivity contribution in [2.45, 2.75) is 33.2 Å². The molecule has 1 aromatic rings. The van der Waals surface area contributed by atoms with Gasteiger partial charge in [0.25, 0.3) is 5.95 Å². The standard InChI is InChI=1S/C7H13N3O/c1-5-8-6(10-11-5)9-7(2,3)4/h1-4H3,(H,9,10). The van der Waals surface area contributed by atoms with Gasteiger partial charge in [-0.15, -0.1) is 0 Å². The Hall–Kier alpha value is -1.06. The molecule has 0 saturated heterocycles. The molecule has 1 rings (SSSR count). The molecule has 0 aliphatic carbocycles. The third-order valence-electron chi connectivity index (χ3n) is 1.01. The fourth-order valence-electron chi connectivity index (χ4n) is 0.685. The van der Waals surface area contributed by atoms with Crippen molar-refractivity contribution >= 4 is 5.95 Å². The van der Waals surface area contributed by atoms with Gasteiger partial charge in [0.2, 0.25) is 5.89 Å². The van der Waals surface area contributed by atoms with Gasteiger partial charge in [0.15, 0.2) is 0 Å². The maximum atomic E-state index is 4.79. The summed E-state index contributed by atoms with van der Waals surface area (Å²) in [6.07, 6.45) is 0. The molecule has 62 valence electrons. The molecule has 0 saturated carbocycles. The maximum Gasteiger partial charge on any atom is 0.263 e. The average molecular weight is 155 g/mol. The zero-order valence-electron chi connectivity index (χ0n) is 7.30. The Balaban J connectivity index is 2.65. The molecule has 0 spiro atoms. The molecule has 4 heteroatoms. The smallest absolute Gasteiger partial charge is 0.263 e. The quantitative estimate of drug-likeness (QED) is 0.669. The third kappa shape index (κ3) is 2.57. The lowest BCUT2D eigenvalue weighted by Gasteiger charge is -2.18. The van der Waals surface area contributed by atoms with Crippen molar-refractivity contribution in [2.75, 3.05) is 5.32 Å². The van der Waals surface area contributed by atoms with E-state index in [1.807, 2.05) is 20.8 Å². The molecule has 0 unspecified atom stereocenters. The van der Waals surface area contributed by atoms with Gasteiger partial charge in [0.1, 0.15) is 0 Å². The van der Waals surface area contributed by atoms with Crippen molar-refractivity contribution in [2.24, 2.45) is 0 Å². The fraction of sp³-hybridized carbons (Fsp3) is 0.714. The second-order valence-electron chi connectivity index (χ2n) is 3.51. The Kier molecular flexibility index (Phi) is 1.85. The second kappa shape index (κ2) is 2.53. The number of anilines is 1. The minimum atomic E-state index is -0.0175. The van der Waals surface area contributed by atoms with Gasteiger partial charge in [-0.1, -0.05) is 0 Å². The zero-order chi connectivity index (χ0) is 8.48. The Morgan fingerprint density at radius 1 is 1.36 bits per heavy atom. The van der Waals surface area contributed by atoms with E-state index in [4.69, 9.17) is 4.52 Å². The van der Waals surface area contributed by atoms with Crippen molar-refractivity contribution in [1.82, 2.24) is 10.1 Å². The van der Waals surface area contributed by atoms with Crippen LogP contribution in [-0.4, -0.2) is 15.7 Å². The summed E-state index contributed by atoms with van der Waals surface area (Å²) in [6, 6.07) is 0. The first kappa shape index (κ1) is 8.04. The van der Waals surface area contributed by atoms with E-state index < -0.39 is 0 Å². The third-order valence-corrected chi connectivity index (χ3v) is 1.01. The Morgan fingerprint density at radius 2 is 2.00 bits per heavy atom. The van der Waals surface area contributed by atoms with E-state index in [1.165, 1.54) is 0 Å². The van der Waals surface area contributed by atoms with Gasteiger partial charge in [0, 0.05) is 12.5 Å². The van der Waals surface area contributed by atoms with Crippen LogP contribution in [0.15, 0.2) is 4.52 Å². The highest BCUT2D eigenvalue weighted by atomic mass is 16.5. The van der Waals surface area contributed by atoms with E-state index in [1.54, 1.807) is 6.92 Å². The van der Waals surface area contributed by atoms with Gasteiger partial charge in [-0.2, -0.15) is 4.98 Å². The number of aryl methyl sites for hydroxylation is 1. The van der Waals surface area contributed by atoms with E-state index in [2.05, 4.69) is 15.5 Å². The number of rotatable bonds is 1. The topological polar surface area (TPSA) is 51.0 Å². The van der Waals surface area contributed by atoms with E-state index in [0.29, 0.717) is 11.8 Å².